The molecular weight excluding hydrogens is 294 g/mol. The van der Waals surface area contributed by atoms with Gasteiger partial charge in [0.2, 0.25) is 0 Å². The first-order valence-corrected chi connectivity index (χ1v) is 8.17. The van der Waals surface area contributed by atoms with Gasteiger partial charge in [-0.3, -0.25) is 0 Å². The van der Waals surface area contributed by atoms with E-state index in [0.717, 1.165) is 18.7 Å². The highest BCUT2D eigenvalue weighted by atomic mass is 32.1. The van der Waals surface area contributed by atoms with Crippen molar-refractivity contribution in [1.82, 2.24) is 14.9 Å². The van der Waals surface area contributed by atoms with E-state index in [1.54, 1.807) is 23.9 Å². The van der Waals surface area contributed by atoms with Gasteiger partial charge in [-0.2, -0.15) is 0 Å². The number of aliphatic hydroxyl groups is 1. The fraction of sp³-hybridized carbons (Fsp3) is 0.235. The minimum absolute atomic E-state index is 0.0706. The van der Waals surface area contributed by atoms with Crippen LogP contribution in [0.4, 0.5) is 0 Å². The van der Waals surface area contributed by atoms with E-state index in [2.05, 4.69) is 33.9 Å². The lowest BCUT2D eigenvalue weighted by Gasteiger charge is -2.15. The Balaban J connectivity index is 1.57. The first-order valence-electron chi connectivity index (χ1n) is 7.29. The summed E-state index contributed by atoms with van der Waals surface area (Å²) in [6.45, 7) is 0.895. The van der Waals surface area contributed by atoms with Crippen molar-refractivity contribution in [3.63, 3.8) is 0 Å². The number of hydrogen-bond donors (Lipinski definition) is 2. The van der Waals surface area contributed by atoms with E-state index in [0.29, 0.717) is 0 Å². The molecule has 0 unspecified atom stereocenters. The van der Waals surface area contributed by atoms with Crippen LogP contribution in [-0.2, 0) is 13.0 Å². The summed E-state index contributed by atoms with van der Waals surface area (Å²) >= 11 is 1.71. The Morgan fingerprint density at radius 3 is 2.86 bits per heavy atom. The largest absolute Gasteiger partial charge is 0.395 e. The number of hydrogen-bond acceptors (Lipinski definition) is 4. The highest BCUT2D eigenvalue weighted by molar-refractivity contribution is 7.10. The maximum absolute atomic E-state index is 9.55. The molecule has 2 heterocycles. The molecule has 0 amide bonds. The van der Waals surface area contributed by atoms with Crippen LogP contribution in [0.1, 0.15) is 10.4 Å². The van der Waals surface area contributed by atoms with Crippen LogP contribution in [0.25, 0.3) is 5.69 Å². The van der Waals surface area contributed by atoms with Gasteiger partial charge in [-0.25, -0.2) is 4.98 Å². The SMILES string of the molecule is OC[C@H](Cc1ccccc1)NCc1cc(-n2ccnc2)cs1. The van der Waals surface area contributed by atoms with Crippen molar-refractivity contribution in [1.29, 1.82) is 0 Å². The molecule has 0 aliphatic rings. The van der Waals surface area contributed by atoms with Crippen LogP contribution < -0.4 is 5.32 Å². The molecule has 0 spiro atoms. The second-order valence-electron chi connectivity index (χ2n) is 5.19. The smallest absolute Gasteiger partial charge is 0.0991 e. The van der Waals surface area contributed by atoms with Gasteiger partial charge >= 0.3 is 0 Å². The molecule has 5 heteroatoms. The summed E-state index contributed by atoms with van der Waals surface area (Å²) in [5.74, 6) is 0. The summed E-state index contributed by atoms with van der Waals surface area (Å²) in [5, 5.41) is 15.1. The Hall–Kier alpha value is -1.95. The Labute approximate surface area is 134 Å². The number of aromatic nitrogens is 2. The van der Waals surface area contributed by atoms with Crippen molar-refractivity contribution in [3.05, 3.63) is 70.9 Å². The molecule has 2 N–H and O–H groups in total. The van der Waals surface area contributed by atoms with Gasteiger partial charge in [-0.1, -0.05) is 30.3 Å². The van der Waals surface area contributed by atoms with Crippen LogP contribution in [0.3, 0.4) is 0 Å². The first-order chi connectivity index (χ1) is 10.8. The van der Waals surface area contributed by atoms with E-state index in [-0.39, 0.29) is 12.6 Å². The molecule has 0 bridgehead atoms. The average molecular weight is 313 g/mol. The van der Waals surface area contributed by atoms with E-state index in [1.165, 1.54) is 10.4 Å². The van der Waals surface area contributed by atoms with Crippen molar-refractivity contribution in [3.8, 4) is 5.69 Å². The molecule has 4 nitrogen and oxygen atoms in total. The predicted octanol–water partition coefficient (Wildman–Crippen LogP) is 2.63. The van der Waals surface area contributed by atoms with Gasteiger partial charge in [0.05, 0.1) is 18.6 Å². The fourth-order valence-corrected chi connectivity index (χ4v) is 3.17. The van der Waals surface area contributed by atoms with Crippen molar-refractivity contribution >= 4 is 11.3 Å². The van der Waals surface area contributed by atoms with Gasteiger partial charge < -0.3 is 15.0 Å². The number of rotatable bonds is 7. The zero-order valence-corrected chi connectivity index (χ0v) is 13.0. The molecular formula is C17H19N3OS. The standard InChI is InChI=1S/C17H19N3OS/c21-11-15(8-14-4-2-1-3-5-14)19-10-17-9-16(12-22-17)20-7-6-18-13-20/h1-7,9,12-13,15,19,21H,8,10-11H2/t15-/m0/s1. The predicted molar refractivity (Wildman–Crippen MR) is 89.3 cm³/mol. The summed E-state index contributed by atoms with van der Waals surface area (Å²) in [7, 11) is 0. The highest BCUT2D eigenvalue weighted by Crippen LogP contribution is 2.18. The molecule has 3 aromatic rings. The van der Waals surface area contributed by atoms with Gasteiger partial charge in [-0.15, -0.1) is 11.3 Å². The molecule has 3 rings (SSSR count). The minimum atomic E-state index is 0.0706. The van der Waals surface area contributed by atoms with Gasteiger partial charge in [0, 0.05) is 35.2 Å². The van der Waals surface area contributed by atoms with Crippen LogP contribution in [-0.4, -0.2) is 27.3 Å². The summed E-state index contributed by atoms with van der Waals surface area (Å²) in [4.78, 5) is 5.31. The lowest BCUT2D eigenvalue weighted by molar-refractivity contribution is 0.241. The molecule has 0 saturated heterocycles. The number of aliphatic hydroxyl groups excluding tert-OH is 1. The third-order valence-corrected chi connectivity index (χ3v) is 4.48. The molecule has 1 aromatic carbocycles. The third kappa shape index (κ3) is 3.82. The lowest BCUT2D eigenvalue weighted by atomic mass is 10.1. The molecule has 1 atom stereocenters. The average Bonchev–Trinajstić information content (AvgIpc) is 3.23. The summed E-state index contributed by atoms with van der Waals surface area (Å²) < 4.78 is 1.99. The zero-order valence-electron chi connectivity index (χ0n) is 12.2. The first kappa shape index (κ1) is 15.0. The molecule has 0 aliphatic carbocycles. The van der Waals surface area contributed by atoms with E-state index in [9.17, 15) is 5.11 Å². The molecule has 22 heavy (non-hydrogen) atoms. The quantitative estimate of drug-likeness (QED) is 0.705. The number of thiophene rings is 1. The number of nitrogens with one attached hydrogen (secondary N) is 1. The number of nitrogens with zero attached hydrogens (tertiary/aromatic N) is 2. The topological polar surface area (TPSA) is 50.1 Å². The Kier molecular flexibility index (Phi) is 5.00. The minimum Gasteiger partial charge on any atom is -0.395 e. The van der Waals surface area contributed by atoms with Gasteiger partial charge in [0.15, 0.2) is 0 Å². The second-order valence-corrected chi connectivity index (χ2v) is 6.19. The zero-order chi connectivity index (χ0) is 15.2. The van der Waals surface area contributed by atoms with Gasteiger partial charge in [0.25, 0.3) is 0 Å². The highest BCUT2D eigenvalue weighted by Gasteiger charge is 2.09. The molecule has 114 valence electrons. The van der Waals surface area contributed by atoms with E-state index in [4.69, 9.17) is 0 Å². The molecule has 2 aromatic heterocycles. The van der Waals surface area contributed by atoms with Crippen LogP contribution >= 0.6 is 11.3 Å². The monoisotopic (exact) mass is 313 g/mol. The van der Waals surface area contributed by atoms with E-state index >= 15 is 0 Å². The van der Waals surface area contributed by atoms with Crippen molar-refractivity contribution in [2.24, 2.45) is 0 Å². The van der Waals surface area contributed by atoms with Crippen LogP contribution in [0, 0.1) is 0 Å². The number of imidazole rings is 1. The van der Waals surface area contributed by atoms with Crippen LogP contribution in [0.2, 0.25) is 0 Å². The fourth-order valence-electron chi connectivity index (χ4n) is 2.35. The summed E-state index contributed by atoms with van der Waals surface area (Å²) in [6, 6.07) is 12.5. The third-order valence-electron chi connectivity index (χ3n) is 3.55. The van der Waals surface area contributed by atoms with Crippen LogP contribution in [0.5, 0.6) is 0 Å². The van der Waals surface area contributed by atoms with Crippen molar-refractivity contribution in [2.75, 3.05) is 6.61 Å². The summed E-state index contributed by atoms with van der Waals surface area (Å²) in [5.41, 5.74) is 2.36. The molecule has 0 radical (unpaired) electrons. The molecule has 0 fully saturated rings. The van der Waals surface area contributed by atoms with Gasteiger partial charge in [-0.05, 0) is 18.1 Å². The Morgan fingerprint density at radius 1 is 1.27 bits per heavy atom. The van der Waals surface area contributed by atoms with Crippen molar-refractivity contribution < 1.29 is 5.11 Å². The maximum Gasteiger partial charge on any atom is 0.0991 e. The second kappa shape index (κ2) is 7.35. The van der Waals surface area contributed by atoms with Crippen LogP contribution in [0.15, 0.2) is 60.5 Å². The lowest BCUT2D eigenvalue weighted by Crippen LogP contribution is -2.33. The normalized spacial score (nSPS) is 12.4. The molecule has 0 aliphatic heterocycles. The summed E-state index contributed by atoms with van der Waals surface area (Å²) in [6.07, 6.45) is 6.34. The Bertz CT molecular complexity index is 679. The van der Waals surface area contributed by atoms with Crippen molar-refractivity contribution in [2.45, 2.75) is 19.0 Å². The Morgan fingerprint density at radius 2 is 2.14 bits per heavy atom. The maximum atomic E-state index is 9.55. The van der Waals surface area contributed by atoms with Gasteiger partial charge in [0.1, 0.15) is 0 Å². The molecule has 0 saturated carbocycles. The van der Waals surface area contributed by atoms with E-state index in [1.807, 2.05) is 29.0 Å². The van der Waals surface area contributed by atoms with E-state index < -0.39 is 0 Å². The number of benzene rings is 1.